The standard InChI is InChI=1S/C11H13N5OS/c1-18-7-8-2-4-9(5-3-8)11(17)12-6-10-13-15-16-14-10/h2-5H,6-7H2,1H3,(H,12,17)(H,13,14,15,16). The van der Waals surface area contributed by atoms with E-state index in [1.165, 1.54) is 5.56 Å². The van der Waals surface area contributed by atoms with Gasteiger partial charge in [0.2, 0.25) is 0 Å². The second-order valence-electron chi connectivity index (χ2n) is 3.64. The Morgan fingerprint density at radius 1 is 1.39 bits per heavy atom. The van der Waals surface area contributed by atoms with Crippen LogP contribution in [-0.2, 0) is 12.3 Å². The van der Waals surface area contributed by atoms with Gasteiger partial charge in [0.1, 0.15) is 0 Å². The molecule has 1 aromatic carbocycles. The monoisotopic (exact) mass is 263 g/mol. The van der Waals surface area contributed by atoms with Crippen molar-refractivity contribution in [3.63, 3.8) is 0 Å². The Labute approximate surface area is 109 Å². The molecule has 0 aliphatic rings. The summed E-state index contributed by atoms with van der Waals surface area (Å²) in [5.74, 6) is 1.27. The number of rotatable bonds is 5. The molecule has 1 heterocycles. The first kappa shape index (κ1) is 12.6. The molecule has 0 aliphatic carbocycles. The Morgan fingerprint density at radius 2 is 2.17 bits per heavy atom. The van der Waals surface area contributed by atoms with Crippen molar-refractivity contribution >= 4 is 17.7 Å². The van der Waals surface area contributed by atoms with Gasteiger partial charge in [-0.15, -0.1) is 10.2 Å². The molecule has 2 N–H and O–H groups in total. The molecule has 0 aliphatic heterocycles. The van der Waals surface area contributed by atoms with Gasteiger partial charge in [0.15, 0.2) is 5.82 Å². The number of aromatic nitrogens is 4. The summed E-state index contributed by atoms with van der Waals surface area (Å²) >= 11 is 1.75. The fraction of sp³-hybridized carbons (Fsp3) is 0.273. The predicted octanol–water partition coefficient (Wildman–Crippen LogP) is 0.993. The molecule has 0 bridgehead atoms. The highest BCUT2D eigenvalue weighted by Gasteiger charge is 2.06. The highest BCUT2D eigenvalue weighted by atomic mass is 32.2. The van der Waals surface area contributed by atoms with Crippen molar-refractivity contribution in [2.75, 3.05) is 6.26 Å². The molecule has 1 amide bonds. The van der Waals surface area contributed by atoms with Gasteiger partial charge in [-0.2, -0.15) is 17.0 Å². The molecule has 0 unspecified atom stereocenters. The average Bonchev–Trinajstić information content (AvgIpc) is 2.90. The maximum Gasteiger partial charge on any atom is 0.251 e. The van der Waals surface area contributed by atoms with Gasteiger partial charge in [-0.25, -0.2) is 0 Å². The van der Waals surface area contributed by atoms with E-state index >= 15 is 0 Å². The molecule has 1 aromatic heterocycles. The van der Waals surface area contributed by atoms with Crippen LogP contribution in [0.2, 0.25) is 0 Å². The fourth-order valence-corrected chi connectivity index (χ4v) is 1.96. The Hall–Kier alpha value is -1.89. The van der Waals surface area contributed by atoms with Gasteiger partial charge in [0, 0.05) is 11.3 Å². The van der Waals surface area contributed by atoms with Gasteiger partial charge in [-0.05, 0) is 24.0 Å². The molecule has 18 heavy (non-hydrogen) atoms. The van der Waals surface area contributed by atoms with Crippen LogP contribution in [0.4, 0.5) is 0 Å². The van der Waals surface area contributed by atoms with Crippen LogP contribution in [0.15, 0.2) is 24.3 Å². The molecule has 0 spiro atoms. The van der Waals surface area contributed by atoms with E-state index in [0.717, 1.165) is 5.75 Å². The van der Waals surface area contributed by atoms with Crippen molar-refractivity contribution in [3.05, 3.63) is 41.2 Å². The van der Waals surface area contributed by atoms with Crippen molar-refractivity contribution in [1.82, 2.24) is 25.9 Å². The lowest BCUT2D eigenvalue weighted by atomic mass is 10.1. The summed E-state index contributed by atoms with van der Waals surface area (Å²) in [5, 5.41) is 16.0. The topological polar surface area (TPSA) is 83.6 Å². The number of benzene rings is 1. The van der Waals surface area contributed by atoms with E-state index in [0.29, 0.717) is 11.4 Å². The van der Waals surface area contributed by atoms with E-state index < -0.39 is 0 Å². The van der Waals surface area contributed by atoms with Crippen molar-refractivity contribution < 1.29 is 4.79 Å². The second-order valence-corrected chi connectivity index (χ2v) is 4.51. The third kappa shape index (κ3) is 3.30. The summed E-state index contributed by atoms with van der Waals surface area (Å²) in [6.07, 6.45) is 2.05. The Bertz CT molecular complexity index is 497. The van der Waals surface area contributed by atoms with Gasteiger partial charge in [0.05, 0.1) is 6.54 Å². The highest BCUT2D eigenvalue weighted by Crippen LogP contribution is 2.10. The van der Waals surface area contributed by atoms with Crippen molar-refractivity contribution in [1.29, 1.82) is 0 Å². The first-order valence-corrected chi connectivity index (χ1v) is 6.77. The number of carbonyl (C=O) groups excluding carboxylic acids is 1. The zero-order chi connectivity index (χ0) is 12.8. The van der Waals surface area contributed by atoms with Gasteiger partial charge in [0.25, 0.3) is 5.91 Å². The summed E-state index contributed by atoms with van der Waals surface area (Å²) in [6, 6.07) is 7.55. The minimum absolute atomic E-state index is 0.143. The maximum atomic E-state index is 11.8. The molecular weight excluding hydrogens is 250 g/mol. The molecule has 0 saturated carbocycles. The smallest absolute Gasteiger partial charge is 0.251 e. The van der Waals surface area contributed by atoms with E-state index in [1.807, 2.05) is 30.5 Å². The normalized spacial score (nSPS) is 10.3. The zero-order valence-electron chi connectivity index (χ0n) is 9.88. The van der Waals surface area contributed by atoms with Crippen LogP contribution in [0.3, 0.4) is 0 Å². The quantitative estimate of drug-likeness (QED) is 0.840. The van der Waals surface area contributed by atoms with Crippen molar-refractivity contribution in [3.8, 4) is 0 Å². The summed E-state index contributed by atoms with van der Waals surface area (Å²) in [5.41, 5.74) is 1.83. The molecule has 0 saturated heterocycles. The number of H-pyrrole nitrogens is 1. The van der Waals surface area contributed by atoms with Crippen LogP contribution in [-0.4, -0.2) is 32.8 Å². The Morgan fingerprint density at radius 3 is 2.78 bits per heavy atom. The number of hydrogen-bond acceptors (Lipinski definition) is 5. The number of nitrogens with zero attached hydrogens (tertiary/aromatic N) is 3. The predicted molar refractivity (Wildman–Crippen MR) is 69.0 cm³/mol. The lowest BCUT2D eigenvalue weighted by molar-refractivity contribution is 0.0950. The van der Waals surface area contributed by atoms with Crippen LogP contribution in [0.25, 0.3) is 0 Å². The fourth-order valence-electron chi connectivity index (χ4n) is 1.44. The molecule has 6 nitrogen and oxygen atoms in total. The number of thioether (sulfide) groups is 1. The van der Waals surface area contributed by atoms with Crippen LogP contribution in [0, 0.1) is 0 Å². The van der Waals surface area contributed by atoms with E-state index in [2.05, 4.69) is 25.9 Å². The average molecular weight is 263 g/mol. The Balaban J connectivity index is 1.92. The van der Waals surface area contributed by atoms with Crippen LogP contribution < -0.4 is 5.32 Å². The minimum Gasteiger partial charge on any atom is -0.345 e. The zero-order valence-corrected chi connectivity index (χ0v) is 10.7. The van der Waals surface area contributed by atoms with E-state index in [1.54, 1.807) is 11.8 Å². The molecule has 94 valence electrons. The summed E-state index contributed by atoms with van der Waals surface area (Å²) in [7, 11) is 0. The highest BCUT2D eigenvalue weighted by molar-refractivity contribution is 7.97. The van der Waals surface area contributed by atoms with Gasteiger partial charge >= 0.3 is 0 Å². The molecule has 0 atom stereocenters. The Kier molecular flexibility index (Phi) is 4.30. The lowest BCUT2D eigenvalue weighted by Gasteiger charge is -2.03. The molecule has 0 fully saturated rings. The summed E-state index contributed by atoms with van der Waals surface area (Å²) in [4.78, 5) is 11.8. The van der Waals surface area contributed by atoms with Crippen LogP contribution >= 0.6 is 11.8 Å². The van der Waals surface area contributed by atoms with Gasteiger partial charge < -0.3 is 5.32 Å². The molecule has 0 radical (unpaired) electrons. The van der Waals surface area contributed by atoms with Gasteiger partial charge in [-0.3, -0.25) is 4.79 Å². The van der Waals surface area contributed by atoms with Crippen LogP contribution in [0.1, 0.15) is 21.7 Å². The number of aromatic amines is 1. The number of tetrazole rings is 1. The van der Waals surface area contributed by atoms with Gasteiger partial charge in [-0.1, -0.05) is 17.3 Å². The van der Waals surface area contributed by atoms with Crippen molar-refractivity contribution in [2.45, 2.75) is 12.3 Å². The number of carbonyl (C=O) groups is 1. The number of hydrogen-bond donors (Lipinski definition) is 2. The largest absolute Gasteiger partial charge is 0.345 e. The third-order valence-electron chi connectivity index (χ3n) is 2.32. The lowest BCUT2D eigenvalue weighted by Crippen LogP contribution is -2.23. The van der Waals surface area contributed by atoms with E-state index in [-0.39, 0.29) is 12.5 Å². The van der Waals surface area contributed by atoms with Crippen molar-refractivity contribution in [2.24, 2.45) is 0 Å². The number of amides is 1. The van der Waals surface area contributed by atoms with E-state index in [9.17, 15) is 4.79 Å². The summed E-state index contributed by atoms with van der Waals surface area (Å²) < 4.78 is 0. The molecule has 2 aromatic rings. The number of nitrogens with one attached hydrogen (secondary N) is 2. The maximum absolute atomic E-state index is 11.8. The molecule has 2 rings (SSSR count). The molecular formula is C11H13N5OS. The minimum atomic E-state index is -0.143. The van der Waals surface area contributed by atoms with Crippen LogP contribution in [0.5, 0.6) is 0 Å². The summed E-state index contributed by atoms with van der Waals surface area (Å²) in [6.45, 7) is 0.266. The van der Waals surface area contributed by atoms with E-state index in [4.69, 9.17) is 0 Å². The molecule has 7 heteroatoms. The third-order valence-corrected chi connectivity index (χ3v) is 2.95. The second kappa shape index (κ2) is 6.15. The SMILES string of the molecule is CSCc1ccc(C(=O)NCc2nn[nH]n2)cc1. The first-order valence-electron chi connectivity index (χ1n) is 5.38. The first-order chi connectivity index (χ1) is 8.79.